The van der Waals surface area contributed by atoms with E-state index in [0.29, 0.717) is 5.41 Å². The van der Waals surface area contributed by atoms with E-state index in [2.05, 4.69) is 33.0 Å². The minimum absolute atomic E-state index is 0.566. The predicted molar refractivity (Wildman–Crippen MR) is 75.1 cm³/mol. The van der Waals surface area contributed by atoms with Crippen LogP contribution in [0.5, 0.6) is 0 Å². The van der Waals surface area contributed by atoms with Crippen molar-refractivity contribution in [2.45, 2.75) is 72.3 Å². The Balaban J connectivity index is 1.75. The van der Waals surface area contributed by atoms with Crippen LogP contribution in [0.2, 0.25) is 0 Å². The molecular formula is C16H31N. The van der Waals surface area contributed by atoms with Gasteiger partial charge in [-0.25, -0.2) is 0 Å². The molecule has 100 valence electrons. The number of rotatable bonds is 3. The molecule has 2 fully saturated rings. The fourth-order valence-electron chi connectivity index (χ4n) is 4.23. The summed E-state index contributed by atoms with van der Waals surface area (Å²) >= 11 is 0. The third-order valence-electron chi connectivity index (χ3n) is 5.05. The molecule has 1 heteroatoms. The van der Waals surface area contributed by atoms with Crippen molar-refractivity contribution in [3.63, 3.8) is 0 Å². The van der Waals surface area contributed by atoms with E-state index in [0.717, 1.165) is 23.8 Å². The van der Waals surface area contributed by atoms with Gasteiger partial charge in [0.25, 0.3) is 0 Å². The molecule has 2 rings (SSSR count). The van der Waals surface area contributed by atoms with Crippen molar-refractivity contribution in [1.29, 1.82) is 0 Å². The molecule has 0 aromatic rings. The molecule has 0 aromatic carbocycles. The van der Waals surface area contributed by atoms with Crippen LogP contribution in [0.4, 0.5) is 0 Å². The molecule has 0 aliphatic heterocycles. The van der Waals surface area contributed by atoms with Crippen molar-refractivity contribution in [2.24, 2.45) is 23.2 Å². The van der Waals surface area contributed by atoms with Gasteiger partial charge in [0.1, 0.15) is 0 Å². The highest BCUT2D eigenvalue weighted by atomic mass is 14.9. The van der Waals surface area contributed by atoms with Crippen LogP contribution >= 0.6 is 0 Å². The van der Waals surface area contributed by atoms with Crippen LogP contribution in [-0.2, 0) is 0 Å². The Morgan fingerprint density at radius 1 is 1.12 bits per heavy atom. The summed E-state index contributed by atoms with van der Waals surface area (Å²) in [5.41, 5.74) is 0.566. The monoisotopic (exact) mass is 237 g/mol. The molecule has 0 radical (unpaired) electrons. The standard InChI is InChI=1S/C16H31N/c1-12-6-5-7-14(8-12)11-17-15-10-16(3,4)9-13(15)2/h12-15,17H,5-11H2,1-4H3. The Hall–Kier alpha value is -0.0400. The molecule has 4 atom stereocenters. The Morgan fingerprint density at radius 3 is 2.47 bits per heavy atom. The fourth-order valence-corrected chi connectivity index (χ4v) is 4.23. The maximum atomic E-state index is 3.88. The van der Waals surface area contributed by atoms with Gasteiger partial charge in [0, 0.05) is 6.04 Å². The van der Waals surface area contributed by atoms with Gasteiger partial charge in [0.2, 0.25) is 0 Å². The fraction of sp³-hybridized carbons (Fsp3) is 1.00. The second-order valence-electron chi connectivity index (χ2n) is 7.70. The molecular weight excluding hydrogens is 206 g/mol. The van der Waals surface area contributed by atoms with Gasteiger partial charge in [0.05, 0.1) is 0 Å². The predicted octanol–water partition coefficient (Wildman–Crippen LogP) is 4.23. The van der Waals surface area contributed by atoms with E-state index in [9.17, 15) is 0 Å². The van der Waals surface area contributed by atoms with Crippen LogP contribution in [0.15, 0.2) is 0 Å². The molecule has 0 amide bonds. The zero-order valence-corrected chi connectivity index (χ0v) is 12.3. The Labute approximate surface area is 108 Å². The van der Waals surface area contributed by atoms with Crippen molar-refractivity contribution in [3.8, 4) is 0 Å². The van der Waals surface area contributed by atoms with E-state index in [1.54, 1.807) is 0 Å². The van der Waals surface area contributed by atoms with Crippen LogP contribution in [0.1, 0.15) is 66.2 Å². The highest BCUT2D eigenvalue weighted by Crippen LogP contribution is 2.41. The molecule has 17 heavy (non-hydrogen) atoms. The van der Waals surface area contributed by atoms with E-state index in [1.807, 2.05) is 0 Å². The summed E-state index contributed by atoms with van der Waals surface area (Å²) in [6.45, 7) is 11.0. The van der Waals surface area contributed by atoms with E-state index < -0.39 is 0 Å². The van der Waals surface area contributed by atoms with Crippen molar-refractivity contribution in [1.82, 2.24) is 5.32 Å². The molecule has 2 aliphatic rings. The van der Waals surface area contributed by atoms with Gasteiger partial charge in [-0.1, -0.05) is 40.5 Å². The SMILES string of the molecule is CC1CCCC(CNC2CC(C)(C)CC2C)C1. The van der Waals surface area contributed by atoms with Crippen molar-refractivity contribution >= 4 is 0 Å². The summed E-state index contributed by atoms with van der Waals surface area (Å²) in [5.74, 6) is 2.79. The first-order valence-electron chi connectivity index (χ1n) is 7.70. The summed E-state index contributed by atoms with van der Waals surface area (Å²) in [5, 5.41) is 3.88. The lowest BCUT2D eigenvalue weighted by molar-refractivity contribution is 0.259. The molecule has 0 spiro atoms. The lowest BCUT2D eigenvalue weighted by Crippen LogP contribution is -2.36. The van der Waals surface area contributed by atoms with Crippen LogP contribution < -0.4 is 5.32 Å². The summed E-state index contributed by atoms with van der Waals surface area (Å²) < 4.78 is 0. The average Bonchev–Trinajstić information content (AvgIpc) is 2.49. The first-order valence-corrected chi connectivity index (χ1v) is 7.70. The quantitative estimate of drug-likeness (QED) is 0.774. The lowest BCUT2D eigenvalue weighted by Gasteiger charge is -2.29. The largest absolute Gasteiger partial charge is 0.313 e. The molecule has 4 unspecified atom stereocenters. The summed E-state index contributed by atoms with van der Waals surface area (Å²) in [7, 11) is 0. The summed E-state index contributed by atoms with van der Waals surface area (Å²) in [6, 6.07) is 0.780. The topological polar surface area (TPSA) is 12.0 Å². The van der Waals surface area contributed by atoms with Crippen LogP contribution in [0, 0.1) is 23.2 Å². The maximum absolute atomic E-state index is 3.88. The Morgan fingerprint density at radius 2 is 1.88 bits per heavy atom. The van der Waals surface area contributed by atoms with Crippen molar-refractivity contribution in [3.05, 3.63) is 0 Å². The minimum atomic E-state index is 0.566. The molecule has 1 N–H and O–H groups in total. The van der Waals surface area contributed by atoms with Crippen molar-refractivity contribution in [2.75, 3.05) is 6.54 Å². The van der Waals surface area contributed by atoms with Gasteiger partial charge in [0.15, 0.2) is 0 Å². The molecule has 0 heterocycles. The molecule has 1 nitrogen and oxygen atoms in total. The molecule has 0 bridgehead atoms. The van der Waals surface area contributed by atoms with Crippen LogP contribution in [-0.4, -0.2) is 12.6 Å². The van der Waals surface area contributed by atoms with Gasteiger partial charge in [-0.3, -0.25) is 0 Å². The Kier molecular flexibility index (Phi) is 4.18. The first-order chi connectivity index (χ1) is 7.96. The molecule has 2 saturated carbocycles. The van der Waals surface area contributed by atoms with Crippen LogP contribution in [0.3, 0.4) is 0 Å². The van der Waals surface area contributed by atoms with Gasteiger partial charge < -0.3 is 5.32 Å². The van der Waals surface area contributed by atoms with E-state index >= 15 is 0 Å². The number of hydrogen-bond donors (Lipinski definition) is 1. The van der Waals surface area contributed by atoms with Gasteiger partial charge in [-0.15, -0.1) is 0 Å². The number of hydrogen-bond acceptors (Lipinski definition) is 1. The van der Waals surface area contributed by atoms with E-state index in [4.69, 9.17) is 0 Å². The zero-order valence-electron chi connectivity index (χ0n) is 12.3. The molecule has 0 saturated heterocycles. The highest BCUT2D eigenvalue weighted by molar-refractivity contribution is 4.91. The Bertz CT molecular complexity index is 246. The summed E-state index contributed by atoms with van der Waals surface area (Å²) in [4.78, 5) is 0. The van der Waals surface area contributed by atoms with Gasteiger partial charge in [-0.05, 0) is 55.4 Å². The third kappa shape index (κ3) is 3.71. The van der Waals surface area contributed by atoms with Crippen molar-refractivity contribution < 1.29 is 0 Å². The highest BCUT2D eigenvalue weighted by Gasteiger charge is 2.36. The van der Waals surface area contributed by atoms with E-state index in [1.165, 1.54) is 45.1 Å². The van der Waals surface area contributed by atoms with Gasteiger partial charge >= 0.3 is 0 Å². The lowest BCUT2D eigenvalue weighted by atomic mass is 9.82. The zero-order chi connectivity index (χ0) is 12.5. The summed E-state index contributed by atoms with van der Waals surface area (Å²) in [6.07, 6.45) is 8.60. The minimum Gasteiger partial charge on any atom is -0.313 e. The first kappa shape index (κ1) is 13.4. The van der Waals surface area contributed by atoms with E-state index in [-0.39, 0.29) is 0 Å². The molecule has 0 aromatic heterocycles. The molecule has 2 aliphatic carbocycles. The third-order valence-corrected chi connectivity index (χ3v) is 5.05. The van der Waals surface area contributed by atoms with Gasteiger partial charge in [-0.2, -0.15) is 0 Å². The second-order valence-corrected chi connectivity index (χ2v) is 7.70. The normalized spacial score (nSPS) is 41.6. The smallest absolute Gasteiger partial charge is 0.00980 e. The van der Waals surface area contributed by atoms with Crippen LogP contribution in [0.25, 0.3) is 0 Å². The number of nitrogens with one attached hydrogen (secondary N) is 1. The second kappa shape index (κ2) is 5.30. The maximum Gasteiger partial charge on any atom is 0.00980 e. The average molecular weight is 237 g/mol.